The van der Waals surface area contributed by atoms with E-state index in [4.69, 9.17) is 10.5 Å². The summed E-state index contributed by atoms with van der Waals surface area (Å²) in [4.78, 5) is 0. The van der Waals surface area contributed by atoms with Gasteiger partial charge in [-0.2, -0.15) is 0 Å². The molecule has 0 fully saturated rings. The van der Waals surface area contributed by atoms with Crippen molar-refractivity contribution >= 4 is 11.4 Å². The van der Waals surface area contributed by atoms with Crippen molar-refractivity contribution in [3.63, 3.8) is 0 Å². The minimum absolute atomic E-state index is 0.791. The molecule has 0 saturated heterocycles. The van der Waals surface area contributed by atoms with E-state index in [1.165, 1.54) is 11.1 Å². The number of nitrogens with one attached hydrogen (secondary N) is 1. The minimum atomic E-state index is 0.791. The fraction of sp³-hybridized carbons (Fsp3) is 0.250. The summed E-state index contributed by atoms with van der Waals surface area (Å²) in [5, 5.41) is 3.39. The molecular formula is C16H20N2O. The van der Waals surface area contributed by atoms with Gasteiger partial charge in [-0.05, 0) is 48.7 Å². The maximum Gasteiger partial charge on any atom is 0.122 e. The van der Waals surface area contributed by atoms with E-state index in [1.807, 2.05) is 37.3 Å². The zero-order chi connectivity index (χ0) is 13.7. The van der Waals surface area contributed by atoms with Gasteiger partial charge in [-0.15, -0.1) is 0 Å². The van der Waals surface area contributed by atoms with Crippen LogP contribution in [0.25, 0.3) is 0 Å². The number of nitrogen functional groups attached to an aromatic ring is 1. The third kappa shape index (κ3) is 3.65. The van der Waals surface area contributed by atoms with Crippen LogP contribution in [0.2, 0.25) is 0 Å². The average molecular weight is 256 g/mol. The molecule has 2 aromatic carbocycles. The van der Waals surface area contributed by atoms with Gasteiger partial charge in [0.15, 0.2) is 0 Å². The first-order valence-corrected chi connectivity index (χ1v) is 6.42. The molecule has 3 nitrogen and oxygen atoms in total. The number of hydrogen-bond donors (Lipinski definition) is 2. The molecule has 0 amide bonds. The molecule has 0 radical (unpaired) electrons. The van der Waals surface area contributed by atoms with E-state index in [2.05, 4.69) is 17.4 Å². The predicted octanol–water partition coefficient (Wildman–Crippen LogP) is 3.24. The average Bonchev–Trinajstić information content (AvgIpc) is 2.38. The van der Waals surface area contributed by atoms with Crippen molar-refractivity contribution in [2.75, 3.05) is 24.7 Å². The molecule has 0 bridgehead atoms. The highest BCUT2D eigenvalue weighted by Gasteiger charge is 2.01. The smallest absolute Gasteiger partial charge is 0.122 e. The van der Waals surface area contributed by atoms with Crippen LogP contribution in [0.5, 0.6) is 5.75 Å². The lowest BCUT2D eigenvalue weighted by Crippen LogP contribution is -2.06. The first-order valence-electron chi connectivity index (χ1n) is 6.42. The van der Waals surface area contributed by atoms with Gasteiger partial charge < -0.3 is 15.8 Å². The summed E-state index contributed by atoms with van der Waals surface area (Å²) in [5.41, 5.74) is 10.1. The number of methoxy groups -OCH3 is 1. The highest BCUT2D eigenvalue weighted by atomic mass is 16.5. The molecule has 0 aliphatic carbocycles. The second-order valence-electron chi connectivity index (χ2n) is 4.62. The summed E-state index contributed by atoms with van der Waals surface area (Å²) in [6.07, 6.45) is 0.915. The molecule has 0 aliphatic heterocycles. The van der Waals surface area contributed by atoms with Crippen LogP contribution in [-0.4, -0.2) is 13.7 Å². The summed E-state index contributed by atoms with van der Waals surface area (Å²) >= 11 is 0. The molecule has 0 spiro atoms. The van der Waals surface area contributed by atoms with Crippen molar-refractivity contribution in [2.45, 2.75) is 13.3 Å². The zero-order valence-corrected chi connectivity index (χ0v) is 11.4. The number of anilines is 2. The lowest BCUT2D eigenvalue weighted by molar-refractivity contribution is 0.410. The van der Waals surface area contributed by atoms with Gasteiger partial charge in [0.2, 0.25) is 0 Å². The molecule has 0 saturated carbocycles. The van der Waals surface area contributed by atoms with Gasteiger partial charge in [0, 0.05) is 17.9 Å². The lowest BCUT2D eigenvalue weighted by Gasteiger charge is -2.11. The molecule has 2 rings (SSSR count). The van der Waals surface area contributed by atoms with E-state index in [9.17, 15) is 0 Å². The molecule has 3 N–H and O–H groups in total. The molecule has 2 aromatic rings. The van der Waals surface area contributed by atoms with Gasteiger partial charge in [0.1, 0.15) is 5.75 Å². The van der Waals surface area contributed by atoms with Crippen LogP contribution >= 0.6 is 0 Å². The van der Waals surface area contributed by atoms with Crippen LogP contribution in [0.4, 0.5) is 11.4 Å². The molecular weight excluding hydrogens is 236 g/mol. The number of rotatable bonds is 5. The predicted molar refractivity (Wildman–Crippen MR) is 80.8 cm³/mol. The molecule has 100 valence electrons. The fourth-order valence-corrected chi connectivity index (χ4v) is 2.17. The number of ether oxygens (including phenoxy) is 1. The Morgan fingerprint density at radius 3 is 2.68 bits per heavy atom. The number of benzene rings is 2. The highest BCUT2D eigenvalue weighted by molar-refractivity contribution is 5.56. The van der Waals surface area contributed by atoms with Crippen LogP contribution < -0.4 is 15.8 Å². The van der Waals surface area contributed by atoms with Crippen LogP contribution in [-0.2, 0) is 6.42 Å². The van der Waals surface area contributed by atoms with E-state index in [0.29, 0.717) is 0 Å². The second-order valence-corrected chi connectivity index (χ2v) is 4.62. The first kappa shape index (κ1) is 13.3. The monoisotopic (exact) mass is 256 g/mol. The summed E-state index contributed by atoms with van der Waals surface area (Å²) in [5.74, 6) is 0.938. The molecule has 3 heteroatoms. The van der Waals surface area contributed by atoms with Gasteiger partial charge in [-0.25, -0.2) is 0 Å². The maximum atomic E-state index is 5.83. The van der Waals surface area contributed by atoms with E-state index >= 15 is 0 Å². The Morgan fingerprint density at radius 1 is 1.16 bits per heavy atom. The third-order valence-corrected chi connectivity index (χ3v) is 3.02. The van der Waals surface area contributed by atoms with Crippen LogP contribution in [0, 0.1) is 6.92 Å². The van der Waals surface area contributed by atoms with Crippen molar-refractivity contribution in [3.05, 3.63) is 53.6 Å². The van der Waals surface area contributed by atoms with Crippen LogP contribution in [0.3, 0.4) is 0 Å². The molecule has 0 aliphatic rings. The Hall–Kier alpha value is -2.16. The third-order valence-electron chi connectivity index (χ3n) is 3.02. The largest absolute Gasteiger partial charge is 0.496 e. The Kier molecular flexibility index (Phi) is 4.29. The highest BCUT2D eigenvalue weighted by Crippen LogP contribution is 2.19. The van der Waals surface area contributed by atoms with Crippen molar-refractivity contribution in [3.8, 4) is 5.75 Å². The quantitative estimate of drug-likeness (QED) is 0.807. The molecule has 0 atom stereocenters. The maximum absolute atomic E-state index is 5.83. The van der Waals surface area contributed by atoms with Gasteiger partial charge >= 0.3 is 0 Å². The minimum Gasteiger partial charge on any atom is -0.496 e. The van der Waals surface area contributed by atoms with E-state index < -0.39 is 0 Å². The summed E-state index contributed by atoms with van der Waals surface area (Å²) in [7, 11) is 1.70. The SMILES string of the molecule is COc1ccccc1CCNc1cc(C)cc(N)c1. The Morgan fingerprint density at radius 2 is 1.95 bits per heavy atom. The Balaban J connectivity index is 1.96. The van der Waals surface area contributed by atoms with E-state index in [1.54, 1.807) is 7.11 Å². The Bertz CT molecular complexity index is 532. The van der Waals surface area contributed by atoms with Crippen molar-refractivity contribution in [1.82, 2.24) is 0 Å². The molecule has 0 unspecified atom stereocenters. The molecule has 19 heavy (non-hydrogen) atoms. The van der Waals surface area contributed by atoms with Gasteiger partial charge in [-0.1, -0.05) is 18.2 Å². The van der Waals surface area contributed by atoms with Gasteiger partial charge in [0.25, 0.3) is 0 Å². The Labute approximate surface area is 114 Å². The van der Waals surface area contributed by atoms with Gasteiger partial charge in [-0.3, -0.25) is 0 Å². The fourth-order valence-electron chi connectivity index (χ4n) is 2.17. The molecule has 0 heterocycles. The first-order chi connectivity index (χ1) is 9.19. The van der Waals surface area contributed by atoms with Gasteiger partial charge in [0.05, 0.1) is 7.11 Å². The summed E-state index contributed by atoms with van der Waals surface area (Å²) in [6, 6.07) is 14.1. The van der Waals surface area contributed by atoms with Crippen molar-refractivity contribution in [1.29, 1.82) is 0 Å². The second kappa shape index (κ2) is 6.14. The standard InChI is InChI=1S/C16H20N2O/c1-12-9-14(17)11-15(10-12)18-8-7-13-5-3-4-6-16(13)19-2/h3-6,9-11,18H,7-8,17H2,1-2H3. The number of aryl methyl sites for hydroxylation is 1. The van der Waals surface area contributed by atoms with Crippen molar-refractivity contribution < 1.29 is 4.74 Å². The number of hydrogen-bond acceptors (Lipinski definition) is 3. The zero-order valence-electron chi connectivity index (χ0n) is 11.4. The topological polar surface area (TPSA) is 47.3 Å². The van der Waals surface area contributed by atoms with Crippen LogP contribution in [0.15, 0.2) is 42.5 Å². The molecule has 0 aromatic heterocycles. The normalized spacial score (nSPS) is 10.2. The van der Waals surface area contributed by atoms with Crippen LogP contribution in [0.1, 0.15) is 11.1 Å². The summed E-state index contributed by atoms with van der Waals surface area (Å²) < 4.78 is 5.34. The summed E-state index contributed by atoms with van der Waals surface area (Å²) in [6.45, 7) is 2.89. The van der Waals surface area contributed by atoms with E-state index in [-0.39, 0.29) is 0 Å². The number of para-hydroxylation sites is 1. The van der Waals surface area contributed by atoms with Crippen molar-refractivity contribution in [2.24, 2.45) is 0 Å². The number of nitrogens with two attached hydrogens (primary N) is 1. The van der Waals surface area contributed by atoms with E-state index in [0.717, 1.165) is 30.1 Å². The lowest BCUT2D eigenvalue weighted by atomic mass is 10.1.